The summed E-state index contributed by atoms with van der Waals surface area (Å²) in [5.74, 6) is -15.2. The summed E-state index contributed by atoms with van der Waals surface area (Å²) in [5, 5.41) is 91.3. The van der Waals surface area contributed by atoms with Gasteiger partial charge in [-0.05, 0) is 119 Å². The fourth-order valence-electron chi connectivity index (χ4n) is 12.0. The number of hydrogen-bond acceptors (Lipinski definition) is 25. The molecule has 1 aromatic heterocycles. The molecule has 1 fully saturated rings. The van der Waals surface area contributed by atoms with E-state index in [0.717, 1.165) is 52.3 Å². The Morgan fingerprint density at radius 1 is 0.647 bits per heavy atom. The number of esters is 1. The normalized spacial score (nSPS) is 15.8. The number of aromatic nitrogens is 1. The van der Waals surface area contributed by atoms with Crippen molar-refractivity contribution in [3.63, 3.8) is 0 Å². The van der Waals surface area contributed by atoms with Gasteiger partial charge in [-0.2, -0.15) is 0 Å². The topological polar surface area (TPSA) is 556 Å². The number of rotatable bonds is 51. The van der Waals surface area contributed by atoms with E-state index < -0.39 is 187 Å². The summed E-state index contributed by atoms with van der Waals surface area (Å²) in [6.45, 7) is 12.3. The van der Waals surface area contributed by atoms with Gasteiger partial charge < -0.3 is 92.7 Å². The second-order valence-corrected chi connectivity index (χ2v) is 32.4. The number of nitrogens with one attached hydrogen (secondary N) is 10. The van der Waals surface area contributed by atoms with Crippen molar-refractivity contribution in [1.82, 2.24) is 68.2 Å². The van der Waals surface area contributed by atoms with Crippen LogP contribution >= 0.6 is 45.1 Å². The van der Waals surface area contributed by atoms with Gasteiger partial charge >= 0.3 is 41.9 Å². The standard InChI is InChI=1S/C75H109N13O24S4/c1-9-16-62(97)112-40-88(70(103)63(42(5)10-2)84-68(102)55-19-14-15-30-87(55)8)56(41(3)4)37-57(90)69-81-53(38-114-69)67(101)77-47(34-46-21-23-48(89)24-22-46)33-43(6)64(98)85-86-75(110)111-31-32-115-116-39-54(73(108)109)80-65(99)51(35-45-17-12-11-13-18-45)79-66(100)52(36-61(95)96)78-59(92)27-20-44(7)76-58(91)28-25-49(71(104)105)82-74(113)83-50(72(106)107)26-29-60(93)94/h11-13,17-18,21-24,38,41-44,47,49-52,54-57,63,89-90H,9-10,14-16,19-20,25-37,39-40H2,1-8H3,(H,76,91)(H,77,101)(H,78,92)(H,79,100)(H,80,99)(H,84,102)(H,85,98)(H,86,110)(H,93,94)(H,95,96)(H,104,105)(H,106,107)(H,108,109)(H2,82,83,113)/t42?,43-,44+,47+,49-,50-,51-,52-,54-,55+,56+,57+,63-/m0/s1. The van der Waals surface area contributed by atoms with Crippen molar-refractivity contribution in [2.75, 3.05) is 38.4 Å². The van der Waals surface area contributed by atoms with Gasteiger partial charge in [0.2, 0.25) is 41.4 Å². The summed E-state index contributed by atoms with van der Waals surface area (Å²) in [6, 6.07) is 2.81. The number of phenols is 1. The summed E-state index contributed by atoms with van der Waals surface area (Å²) < 4.78 is 10.9. The Bertz CT molecular complexity index is 3810. The van der Waals surface area contributed by atoms with Gasteiger partial charge in [-0.1, -0.05) is 118 Å². The van der Waals surface area contributed by atoms with Gasteiger partial charge in [0.05, 0.1) is 12.5 Å². The molecule has 3 aromatic rings. The van der Waals surface area contributed by atoms with E-state index in [-0.39, 0.29) is 110 Å². The molecule has 1 saturated heterocycles. The lowest BCUT2D eigenvalue weighted by Crippen LogP contribution is -2.59. The summed E-state index contributed by atoms with van der Waals surface area (Å²) in [7, 11) is 3.88. The Balaban J connectivity index is 1.31. The van der Waals surface area contributed by atoms with Gasteiger partial charge in [0, 0.05) is 79.5 Å². The number of nitrogens with zero attached hydrogens (tertiary/aromatic N) is 3. The van der Waals surface area contributed by atoms with Crippen LogP contribution in [0.2, 0.25) is 0 Å². The highest BCUT2D eigenvalue weighted by Gasteiger charge is 2.40. The van der Waals surface area contributed by atoms with Gasteiger partial charge in [-0.15, -0.1) is 11.3 Å². The number of thiazole rings is 1. The number of carbonyl (C=O) groups excluding carboxylic acids is 10. The summed E-state index contributed by atoms with van der Waals surface area (Å²) in [5.41, 5.74) is 5.55. The van der Waals surface area contributed by atoms with Gasteiger partial charge in [0.25, 0.3) is 5.91 Å². The van der Waals surface area contributed by atoms with E-state index in [4.69, 9.17) is 26.8 Å². The number of hydrazine groups is 1. The van der Waals surface area contributed by atoms with Crippen molar-refractivity contribution in [3.8, 4) is 5.75 Å². The number of aliphatic hydroxyl groups excluding tert-OH is 1. The quantitative estimate of drug-likeness (QED) is 0.00960. The Morgan fingerprint density at radius 3 is 1.86 bits per heavy atom. The minimum Gasteiger partial charge on any atom is -0.508 e. The molecule has 2 aromatic carbocycles. The van der Waals surface area contributed by atoms with Crippen molar-refractivity contribution in [3.05, 3.63) is 81.8 Å². The molecule has 0 aliphatic carbocycles. The molecule has 9 amide bonds. The number of phenolic OH excluding ortho intramolecular Hbond substituents is 1. The number of amides is 9. The Kier molecular flexibility index (Phi) is 43.4. The molecule has 1 unspecified atom stereocenters. The first-order valence-corrected chi connectivity index (χ1v) is 41.8. The number of likely N-dealkylation sites (N-methyl/N-ethyl adjacent to an activating group) is 1. The molecular formula is C75H109N13O24S4. The number of aliphatic hydroxyl groups is 1. The second-order valence-electron chi connectivity index (χ2n) is 28.5. The number of benzene rings is 2. The van der Waals surface area contributed by atoms with E-state index in [0.29, 0.717) is 30.4 Å². The number of carboxylic acids is 5. The smallest absolute Gasteiger partial charge is 0.426 e. The highest BCUT2D eigenvalue weighted by atomic mass is 33.1. The van der Waals surface area contributed by atoms with Crippen LogP contribution in [0.4, 0.5) is 4.79 Å². The van der Waals surface area contributed by atoms with Crippen LogP contribution in [-0.4, -0.2) is 244 Å². The predicted molar refractivity (Wildman–Crippen MR) is 430 cm³/mol. The van der Waals surface area contributed by atoms with Crippen LogP contribution in [0.25, 0.3) is 0 Å². The van der Waals surface area contributed by atoms with Crippen LogP contribution in [0.5, 0.6) is 5.75 Å². The van der Waals surface area contributed by atoms with Crippen molar-refractivity contribution in [1.29, 1.82) is 0 Å². The first-order valence-electron chi connectivity index (χ1n) is 38.0. The third-order valence-corrected chi connectivity index (χ3v) is 22.3. The molecule has 0 radical (unpaired) electrons. The van der Waals surface area contributed by atoms with Gasteiger partial charge in [-0.25, -0.2) is 29.6 Å². The molecule has 0 spiro atoms. The molecule has 41 heteroatoms. The van der Waals surface area contributed by atoms with E-state index in [1.807, 2.05) is 46.6 Å². The molecule has 2 heterocycles. The van der Waals surface area contributed by atoms with Crippen LogP contribution in [0.15, 0.2) is 60.0 Å². The highest BCUT2D eigenvalue weighted by Crippen LogP contribution is 2.30. The minimum absolute atomic E-state index is 0.00466. The van der Waals surface area contributed by atoms with Gasteiger partial charge in [0.1, 0.15) is 65.4 Å². The minimum atomic E-state index is -1.77. The molecule has 37 nitrogen and oxygen atoms in total. The number of ether oxygens (including phenoxy) is 2. The number of hydrogen-bond donors (Lipinski definition) is 17. The molecule has 116 heavy (non-hydrogen) atoms. The first kappa shape index (κ1) is 98.4. The zero-order valence-electron chi connectivity index (χ0n) is 66.0. The number of thiocarbonyl (C=S) groups is 1. The van der Waals surface area contributed by atoms with Crippen LogP contribution in [0.3, 0.4) is 0 Å². The Morgan fingerprint density at radius 2 is 1.26 bits per heavy atom. The van der Waals surface area contributed by atoms with E-state index in [9.17, 15) is 103 Å². The van der Waals surface area contributed by atoms with Gasteiger partial charge in [-0.3, -0.25) is 63.1 Å². The SMILES string of the molecule is CCCC(=O)OCN(C(=O)[C@@H](NC(=O)[C@H]1CCCCN1C)C(C)CC)[C@H](C[C@@H](O)c1nc(C(=O)N[C@@H](Cc2ccc(O)cc2)C[C@H](C)C(=O)NNC(=O)OCCSSC[C@H](NC(=O)[C@H](Cc2ccccc2)NC(=O)[C@H](CC(=O)O)NC(=O)CC[C@@H](C)NC(=O)CC[C@H](NC(=S)N[C@@H](CCC(=O)O)C(=O)O)C(=O)O)C(=O)O)cs1)C(C)C. The molecule has 0 saturated carbocycles. The fourth-order valence-corrected chi connectivity index (χ4v) is 15.1. The summed E-state index contributed by atoms with van der Waals surface area (Å²) in [6.07, 6.45) is -2.09. The molecule has 642 valence electrons. The fraction of sp³-hybridized carbons (Fsp3) is 0.587. The zero-order chi connectivity index (χ0) is 86.3. The second kappa shape index (κ2) is 51.2. The number of carboxylic acid groups (broad SMARTS) is 5. The van der Waals surface area contributed by atoms with Crippen molar-refractivity contribution in [2.24, 2.45) is 17.8 Å². The third kappa shape index (κ3) is 36.0. The summed E-state index contributed by atoms with van der Waals surface area (Å²) in [4.78, 5) is 202. The van der Waals surface area contributed by atoms with Crippen LogP contribution < -0.4 is 53.4 Å². The summed E-state index contributed by atoms with van der Waals surface area (Å²) >= 11 is 6.01. The monoisotopic (exact) mass is 1700 g/mol. The van der Waals surface area contributed by atoms with E-state index in [1.165, 1.54) is 29.3 Å². The van der Waals surface area contributed by atoms with Gasteiger partial charge in [0.15, 0.2) is 11.8 Å². The van der Waals surface area contributed by atoms with E-state index in [1.54, 1.807) is 49.4 Å². The maximum Gasteiger partial charge on any atom is 0.426 e. The van der Waals surface area contributed by atoms with Crippen molar-refractivity contribution < 1.29 is 117 Å². The van der Waals surface area contributed by atoms with Crippen LogP contribution in [0, 0.1) is 17.8 Å². The predicted octanol–water partition coefficient (Wildman–Crippen LogP) is 3.50. The van der Waals surface area contributed by atoms with Crippen molar-refractivity contribution in [2.45, 2.75) is 224 Å². The van der Waals surface area contributed by atoms with Crippen molar-refractivity contribution >= 4 is 139 Å². The van der Waals surface area contributed by atoms with Crippen LogP contribution in [-0.2, 0) is 84.6 Å². The maximum atomic E-state index is 14.8. The molecule has 1 aliphatic rings. The number of likely N-dealkylation sites (tertiary alicyclic amines) is 1. The largest absolute Gasteiger partial charge is 0.508 e. The Hall–Kier alpha value is -9.97. The number of aliphatic carboxylic acids is 5. The molecule has 4 rings (SSSR count). The molecule has 1 aliphatic heterocycles. The zero-order valence-corrected chi connectivity index (χ0v) is 69.2. The Labute approximate surface area is 688 Å². The maximum absolute atomic E-state index is 14.8. The highest BCUT2D eigenvalue weighted by molar-refractivity contribution is 8.76. The third-order valence-electron chi connectivity index (χ3n) is 18.8. The van der Waals surface area contributed by atoms with E-state index >= 15 is 0 Å². The number of carbonyl (C=O) groups is 15. The molecule has 13 atom stereocenters. The first-order chi connectivity index (χ1) is 54.9. The molecule has 0 bridgehead atoms. The average Bonchev–Trinajstić information content (AvgIpc) is 1.20. The number of aromatic hydroxyl groups is 1. The lowest BCUT2D eigenvalue weighted by molar-refractivity contribution is -0.159. The molecular weight excluding hydrogens is 1600 g/mol. The average molecular weight is 1710 g/mol. The van der Waals surface area contributed by atoms with Crippen LogP contribution in [0.1, 0.15) is 178 Å². The lowest BCUT2D eigenvalue weighted by atomic mass is 9.92. The molecule has 17 N–H and O–H groups in total. The lowest BCUT2D eigenvalue weighted by Gasteiger charge is -2.39. The number of piperidine rings is 1. The van der Waals surface area contributed by atoms with E-state index in [2.05, 4.69) is 58.4 Å².